The average Bonchev–Trinajstić information content (AvgIpc) is 2.42. The van der Waals surface area contributed by atoms with Gasteiger partial charge in [-0.2, -0.15) is 0 Å². The Balaban J connectivity index is 0.00000220. The number of hydrogen-bond acceptors (Lipinski definition) is 4. The second-order valence-corrected chi connectivity index (χ2v) is 4.40. The first-order valence-electron chi connectivity index (χ1n) is 5.56. The third-order valence-electron chi connectivity index (χ3n) is 2.56. The van der Waals surface area contributed by atoms with Crippen molar-refractivity contribution >= 4 is 29.2 Å². The molecule has 2 aromatic rings. The fourth-order valence-corrected chi connectivity index (χ4v) is 1.74. The number of benzene rings is 2. The van der Waals surface area contributed by atoms with Crippen molar-refractivity contribution in [3.63, 3.8) is 0 Å². The van der Waals surface area contributed by atoms with E-state index in [4.69, 9.17) is 11.6 Å². The van der Waals surface area contributed by atoms with E-state index in [1.165, 1.54) is 42.5 Å². The van der Waals surface area contributed by atoms with E-state index in [0.29, 0.717) is 5.69 Å². The van der Waals surface area contributed by atoms with E-state index >= 15 is 0 Å². The number of carbonyl (C=O) groups is 2. The van der Waals surface area contributed by atoms with Gasteiger partial charge >= 0.3 is 59.1 Å². The molecule has 0 aliphatic carbocycles. The minimum Gasteiger partial charge on any atom is -0.872 e. The zero-order chi connectivity index (χ0) is 14.7. The summed E-state index contributed by atoms with van der Waals surface area (Å²) in [6.07, 6.45) is 0. The topological polar surface area (TPSA) is 92.3 Å². The van der Waals surface area contributed by atoms with Crippen LogP contribution >= 0.6 is 11.6 Å². The minimum atomic E-state index is -1.31. The van der Waals surface area contributed by atoms with Crippen molar-refractivity contribution in [3.05, 3.63) is 58.6 Å². The monoisotopic (exact) mass is 335 g/mol. The smallest absolute Gasteiger partial charge is 0.872 e. The fourth-order valence-electron chi connectivity index (χ4n) is 1.57. The summed E-state index contributed by atoms with van der Waals surface area (Å²) in [5.74, 6) is -2.36. The molecule has 0 aromatic heterocycles. The molecule has 0 aliphatic heterocycles. The number of carbonyl (C=O) groups excluding carboxylic acids is 2. The molecular weight excluding hydrogens is 328 g/mol. The maximum atomic E-state index is 11.9. The van der Waals surface area contributed by atoms with Crippen LogP contribution in [0.5, 0.6) is 5.75 Å². The molecular formula is C14H8ClNNa2O4. The van der Waals surface area contributed by atoms with Crippen molar-refractivity contribution in [2.75, 3.05) is 5.32 Å². The number of nitrogens with one attached hydrogen (secondary N) is 1. The number of carboxylic acids is 1. The number of anilines is 1. The molecule has 1 amide bonds. The summed E-state index contributed by atoms with van der Waals surface area (Å²) in [5.41, 5.74) is 0.274. The molecule has 0 saturated carbocycles. The molecule has 0 bridgehead atoms. The predicted octanol–water partition coefficient (Wildman–Crippen LogP) is -4.96. The zero-order valence-electron chi connectivity index (χ0n) is 12.1. The number of rotatable bonds is 3. The van der Waals surface area contributed by atoms with E-state index in [1.54, 1.807) is 0 Å². The Hall–Kier alpha value is -0.530. The van der Waals surface area contributed by atoms with Gasteiger partial charge in [0.2, 0.25) is 0 Å². The van der Waals surface area contributed by atoms with E-state index in [-0.39, 0.29) is 75.3 Å². The average molecular weight is 336 g/mol. The molecule has 0 spiro atoms. The van der Waals surface area contributed by atoms with Crippen LogP contribution in [0.2, 0.25) is 5.02 Å². The maximum Gasteiger partial charge on any atom is 1.00 e. The molecule has 22 heavy (non-hydrogen) atoms. The van der Waals surface area contributed by atoms with Crippen LogP contribution in [0.15, 0.2) is 42.5 Å². The molecule has 0 atom stereocenters. The summed E-state index contributed by atoms with van der Waals surface area (Å²) in [5, 5.41) is 24.9. The van der Waals surface area contributed by atoms with Crippen LogP contribution in [0.25, 0.3) is 0 Å². The number of aromatic carboxylic acids is 1. The van der Waals surface area contributed by atoms with Crippen molar-refractivity contribution < 1.29 is 78.9 Å². The van der Waals surface area contributed by atoms with Gasteiger partial charge in [-0.3, -0.25) is 4.79 Å². The SMILES string of the molecule is O=C([O-])c1ccc(NC(=O)c2cc(Cl)ccc2[O-])cc1.[Na+].[Na+]. The van der Waals surface area contributed by atoms with Crippen LogP contribution in [-0.4, -0.2) is 11.9 Å². The summed E-state index contributed by atoms with van der Waals surface area (Å²) in [7, 11) is 0. The van der Waals surface area contributed by atoms with Gasteiger partial charge in [0, 0.05) is 16.3 Å². The Kier molecular flexibility index (Phi) is 9.34. The molecule has 5 nitrogen and oxygen atoms in total. The van der Waals surface area contributed by atoms with Gasteiger partial charge in [0.05, 0.1) is 5.97 Å². The van der Waals surface area contributed by atoms with Crippen LogP contribution in [0.3, 0.4) is 0 Å². The molecule has 102 valence electrons. The predicted molar refractivity (Wildman–Crippen MR) is 69.6 cm³/mol. The Morgan fingerprint density at radius 2 is 1.59 bits per heavy atom. The second-order valence-electron chi connectivity index (χ2n) is 3.96. The summed E-state index contributed by atoms with van der Waals surface area (Å²) in [6.45, 7) is 0. The Labute approximate surface area is 176 Å². The normalized spacial score (nSPS) is 9.14. The largest absolute Gasteiger partial charge is 1.00 e. The van der Waals surface area contributed by atoms with Gasteiger partial charge in [-0.15, -0.1) is 0 Å². The summed E-state index contributed by atoms with van der Waals surface area (Å²) in [4.78, 5) is 22.5. The molecule has 0 saturated heterocycles. The summed E-state index contributed by atoms with van der Waals surface area (Å²) >= 11 is 5.73. The minimum absolute atomic E-state index is 0. The maximum absolute atomic E-state index is 11.9. The van der Waals surface area contributed by atoms with E-state index in [2.05, 4.69) is 5.32 Å². The van der Waals surface area contributed by atoms with Gasteiger partial charge in [0.1, 0.15) is 0 Å². The third kappa shape index (κ3) is 5.59. The Bertz CT molecular complexity index is 677. The number of amides is 1. The van der Waals surface area contributed by atoms with Gasteiger partial charge in [-0.05, 0) is 29.8 Å². The third-order valence-corrected chi connectivity index (χ3v) is 2.80. The van der Waals surface area contributed by atoms with Crippen molar-refractivity contribution in [2.24, 2.45) is 0 Å². The van der Waals surface area contributed by atoms with Gasteiger partial charge in [-0.25, -0.2) is 0 Å². The Morgan fingerprint density at radius 3 is 2.14 bits per heavy atom. The Morgan fingerprint density at radius 1 is 1.00 bits per heavy atom. The number of halogens is 1. The molecule has 2 aromatic carbocycles. The van der Waals surface area contributed by atoms with Gasteiger partial charge < -0.3 is 20.3 Å². The van der Waals surface area contributed by atoms with E-state index in [0.717, 1.165) is 0 Å². The van der Waals surface area contributed by atoms with Crippen molar-refractivity contribution in [1.29, 1.82) is 0 Å². The first-order chi connectivity index (χ1) is 9.47. The quantitative estimate of drug-likeness (QED) is 0.569. The van der Waals surface area contributed by atoms with Crippen molar-refractivity contribution in [3.8, 4) is 5.75 Å². The molecule has 2 rings (SSSR count). The second kappa shape index (κ2) is 9.57. The van der Waals surface area contributed by atoms with Gasteiger partial charge in [0.15, 0.2) is 0 Å². The molecule has 1 N–H and O–H groups in total. The first kappa shape index (κ1) is 21.5. The molecule has 0 heterocycles. The molecule has 8 heteroatoms. The standard InChI is InChI=1S/C14H10ClNO4.2Na/c15-9-3-6-12(17)11(7-9)13(18)16-10-4-1-8(2-5-10)14(19)20;;/h1-7,17H,(H,16,18)(H,19,20);;/q;2*+1/p-2. The molecule has 0 fully saturated rings. The van der Waals surface area contributed by atoms with Crippen molar-refractivity contribution in [1.82, 2.24) is 0 Å². The van der Waals surface area contributed by atoms with Crippen LogP contribution in [0.1, 0.15) is 20.7 Å². The van der Waals surface area contributed by atoms with Crippen molar-refractivity contribution in [2.45, 2.75) is 0 Å². The molecule has 0 radical (unpaired) electrons. The van der Waals surface area contributed by atoms with Gasteiger partial charge in [0.25, 0.3) is 5.91 Å². The fraction of sp³-hybridized carbons (Fsp3) is 0. The number of carboxylic acid groups (broad SMARTS) is 1. The van der Waals surface area contributed by atoms with Gasteiger partial charge in [-0.1, -0.05) is 35.5 Å². The van der Waals surface area contributed by atoms with E-state index in [9.17, 15) is 19.8 Å². The number of hydrogen-bond donors (Lipinski definition) is 1. The zero-order valence-corrected chi connectivity index (χ0v) is 16.8. The van der Waals surface area contributed by atoms with Crippen LogP contribution < -0.4 is 74.6 Å². The summed E-state index contributed by atoms with van der Waals surface area (Å²) in [6, 6.07) is 9.26. The first-order valence-corrected chi connectivity index (χ1v) is 5.94. The van der Waals surface area contributed by atoms with E-state index < -0.39 is 17.6 Å². The van der Waals surface area contributed by atoms with Crippen LogP contribution in [0.4, 0.5) is 5.69 Å². The van der Waals surface area contributed by atoms with Crippen LogP contribution in [0, 0.1) is 0 Å². The van der Waals surface area contributed by atoms with E-state index in [1.807, 2.05) is 0 Å². The van der Waals surface area contributed by atoms with Crippen LogP contribution in [-0.2, 0) is 0 Å². The molecule has 0 aliphatic rings. The molecule has 0 unspecified atom stereocenters. The summed E-state index contributed by atoms with van der Waals surface area (Å²) < 4.78 is 0.